The summed E-state index contributed by atoms with van der Waals surface area (Å²) in [5.74, 6) is -0.230. The van der Waals surface area contributed by atoms with E-state index in [1.807, 2.05) is 24.3 Å². The van der Waals surface area contributed by atoms with Crippen LogP contribution in [0, 0.1) is 0 Å². The summed E-state index contributed by atoms with van der Waals surface area (Å²) in [7, 11) is 0. The maximum Gasteiger partial charge on any atom is 0.219 e. The van der Waals surface area contributed by atoms with E-state index >= 15 is 0 Å². The number of para-hydroxylation sites is 1. The molecular formula is C20H30N6O4S. The summed E-state index contributed by atoms with van der Waals surface area (Å²) in [6.07, 6.45) is -1.53. The molecular weight excluding hydrogens is 420 g/mol. The first kappa shape index (κ1) is 23.4. The van der Waals surface area contributed by atoms with E-state index < -0.39 is 30.5 Å². The maximum atomic E-state index is 11.9. The lowest BCUT2D eigenvalue weighted by Crippen LogP contribution is -2.53. The molecule has 170 valence electrons. The second kappa shape index (κ2) is 10.3. The van der Waals surface area contributed by atoms with Gasteiger partial charge < -0.3 is 31.7 Å². The standard InChI is InChI=1S/C20H30N6O4S/c1-11(27)26-10-12(28)9-15(26)18(30)24-14(6-4-8-23-20(21)22)17(29)19-25-13-5-2-3-7-16(13)31-19/h2-3,5,7,12,14-15,17-18,24,28-30H,4,6,8-10H2,1H3,(H4,21,22,23)/t12-,14+,15+,17+,18-/m1/s1. The van der Waals surface area contributed by atoms with Crippen LogP contribution in [0.3, 0.4) is 0 Å². The van der Waals surface area contributed by atoms with Crippen molar-refractivity contribution in [2.75, 3.05) is 13.1 Å². The van der Waals surface area contributed by atoms with Gasteiger partial charge in [-0.1, -0.05) is 12.1 Å². The summed E-state index contributed by atoms with van der Waals surface area (Å²) in [5, 5.41) is 35.4. The van der Waals surface area contributed by atoms with E-state index in [4.69, 9.17) is 11.5 Å². The predicted molar refractivity (Wildman–Crippen MR) is 119 cm³/mol. The third kappa shape index (κ3) is 5.89. The Bertz CT molecular complexity index is 885. The number of nitrogens with zero attached hydrogens (tertiary/aromatic N) is 3. The number of guanidine groups is 1. The van der Waals surface area contributed by atoms with Crippen LogP contribution < -0.4 is 16.8 Å². The molecule has 1 saturated heterocycles. The number of carbonyl (C=O) groups excluding carboxylic acids is 1. The van der Waals surface area contributed by atoms with Crippen molar-refractivity contribution in [1.29, 1.82) is 0 Å². The molecule has 1 aliphatic rings. The number of likely N-dealkylation sites (tertiary alicyclic amines) is 1. The lowest BCUT2D eigenvalue weighted by atomic mass is 10.0. The second-order valence-corrected chi connectivity index (χ2v) is 8.82. The molecule has 0 radical (unpaired) electrons. The van der Waals surface area contributed by atoms with Gasteiger partial charge in [0.1, 0.15) is 17.3 Å². The zero-order chi connectivity index (χ0) is 22.5. The number of thiazole rings is 1. The van der Waals surface area contributed by atoms with Crippen LogP contribution in [0.5, 0.6) is 0 Å². The average molecular weight is 451 g/mol. The number of aliphatic hydroxyl groups is 3. The second-order valence-electron chi connectivity index (χ2n) is 7.76. The van der Waals surface area contributed by atoms with Crippen LogP contribution >= 0.6 is 11.3 Å². The number of amides is 1. The Kier molecular flexibility index (Phi) is 7.79. The van der Waals surface area contributed by atoms with E-state index in [0.717, 1.165) is 10.2 Å². The maximum absolute atomic E-state index is 11.9. The van der Waals surface area contributed by atoms with Crippen LogP contribution in [-0.4, -0.2) is 74.6 Å². The Morgan fingerprint density at radius 1 is 1.39 bits per heavy atom. The summed E-state index contributed by atoms with van der Waals surface area (Å²) in [6.45, 7) is 1.96. The van der Waals surface area contributed by atoms with Crippen molar-refractivity contribution in [2.45, 2.75) is 56.7 Å². The molecule has 8 N–H and O–H groups in total. The minimum atomic E-state index is -1.13. The van der Waals surface area contributed by atoms with Crippen LogP contribution in [0.4, 0.5) is 0 Å². The minimum absolute atomic E-state index is 0.00620. The van der Waals surface area contributed by atoms with Gasteiger partial charge in [-0.2, -0.15) is 0 Å². The van der Waals surface area contributed by atoms with E-state index in [1.54, 1.807) is 0 Å². The number of benzene rings is 1. The Balaban J connectivity index is 1.76. The largest absolute Gasteiger partial charge is 0.391 e. The number of hydrogen-bond donors (Lipinski definition) is 6. The van der Waals surface area contributed by atoms with Gasteiger partial charge in [0.15, 0.2) is 5.96 Å². The number of nitrogens with one attached hydrogen (secondary N) is 1. The van der Waals surface area contributed by atoms with Gasteiger partial charge in [-0.3, -0.25) is 15.1 Å². The first-order chi connectivity index (χ1) is 14.8. The highest BCUT2D eigenvalue weighted by atomic mass is 32.1. The Labute approximate surface area is 184 Å². The molecule has 1 fully saturated rings. The van der Waals surface area contributed by atoms with Gasteiger partial charge in [0.25, 0.3) is 0 Å². The topological polar surface area (TPSA) is 170 Å². The number of aromatic nitrogens is 1. The fourth-order valence-corrected chi connectivity index (χ4v) is 4.89. The smallest absolute Gasteiger partial charge is 0.219 e. The normalized spacial score (nSPS) is 21.7. The average Bonchev–Trinajstić information content (AvgIpc) is 3.33. The van der Waals surface area contributed by atoms with E-state index in [2.05, 4.69) is 15.3 Å². The van der Waals surface area contributed by atoms with Gasteiger partial charge in [-0.05, 0) is 31.4 Å². The Hall–Kier alpha value is -2.31. The molecule has 1 aromatic carbocycles. The number of hydrogen-bond acceptors (Lipinski definition) is 8. The lowest BCUT2D eigenvalue weighted by Gasteiger charge is -2.32. The molecule has 1 amide bonds. The molecule has 0 bridgehead atoms. The van der Waals surface area contributed by atoms with Crippen molar-refractivity contribution in [3.8, 4) is 0 Å². The molecule has 5 atom stereocenters. The van der Waals surface area contributed by atoms with Crippen molar-refractivity contribution < 1.29 is 20.1 Å². The van der Waals surface area contributed by atoms with Crippen LogP contribution in [0.15, 0.2) is 29.3 Å². The highest BCUT2D eigenvalue weighted by molar-refractivity contribution is 7.18. The van der Waals surface area contributed by atoms with Gasteiger partial charge in [-0.25, -0.2) is 4.98 Å². The van der Waals surface area contributed by atoms with Gasteiger partial charge in [0.2, 0.25) is 5.91 Å². The molecule has 0 aliphatic carbocycles. The molecule has 0 saturated carbocycles. The van der Waals surface area contributed by atoms with Crippen LogP contribution in [0.25, 0.3) is 10.2 Å². The first-order valence-electron chi connectivity index (χ1n) is 10.2. The number of aliphatic imine (C=N–C) groups is 1. The molecule has 1 aliphatic heterocycles. The van der Waals surface area contributed by atoms with Gasteiger partial charge >= 0.3 is 0 Å². The van der Waals surface area contributed by atoms with Crippen molar-refractivity contribution in [2.24, 2.45) is 16.5 Å². The third-order valence-corrected chi connectivity index (χ3v) is 6.49. The summed E-state index contributed by atoms with van der Waals surface area (Å²) in [4.78, 5) is 21.8. The first-order valence-corrected chi connectivity index (χ1v) is 11.1. The van der Waals surface area contributed by atoms with Crippen LogP contribution in [-0.2, 0) is 4.79 Å². The molecule has 2 aromatic rings. The Morgan fingerprint density at radius 3 is 2.81 bits per heavy atom. The summed E-state index contributed by atoms with van der Waals surface area (Å²) in [5.41, 5.74) is 11.5. The molecule has 0 unspecified atom stereocenters. The number of β-amino-alcohol motifs (C(OH)–C–C–N with tert-alkyl or cyclic N) is 1. The third-order valence-electron chi connectivity index (χ3n) is 5.39. The molecule has 1 aromatic heterocycles. The van der Waals surface area contributed by atoms with Crippen molar-refractivity contribution >= 4 is 33.4 Å². The van der Waals surface area contributed by atoms with Crippen molar-refractivity contribution in [3.05, 3.63) is 29.3 Å². The summed E-state index contributed by atoms with van der Waals surface area (Å²) < 4.78 is 0.957. The van der Waals surface area contributed by atoms with Gasteiger partial charge in [0.05, 0.1) is 22.4 Å². The predicted octanol–water partition coefficient (Wildman–Crippen LogP) is -0.358. The molecule has 0 spiro atoms. The zero-order valence-electron chi connectivity index (χ0n) is 17.4. The van der Waals surface area contributed by atoms with Crippen LogP contribution in [0.1, 0.15) is 37.3 Å². The van der Waals surface area contributed by atoms with E-state index in [-0.39, 0.29) is 24.8 Å². The van der Waals surface area contributed by atoms with E-state index in [0.29, 0.717) is 24.4 Å². The minimum Gasteiger partial charge on any atom is -0.391 e. The summed E-state index contributed by atoms with van der Waals surface area (Å²) >= 11 is 1.39. The fraction of sp³-hybridized carbons (Fsp3) is 0.550. The number of aliphatic hydroxyl groups excluding tert-OH is 3. The highest BCUT2D eigenvalue weighted by Gasteiger charge is 2.39. The lowest BCUT2D eigenvalue weighted by molar-refractivity contribution is -0.132. The molecule has 11 heteroatoms. The monoisotopic (exact) mass is 450 g/mol. The summed E-state index contributed by atoms with van der Waals surface area (Å²) in [6, 6.07) is 6.46. The highest BCUT2D eigenvalue weighted by Crippen LogP contribution is 2.30. The zero-order valence-corrected chi connectivity index (χ0v) is 18.2. The fourth-order valence-electron chi connectivity index (χ4n) is 3.88. The molecule has 10 nitrogen and oxygen atoms in total. The van der Waals surface area contributed by atoms with Gasteiger partial charge in [0, 0.05) is 26.1 Å². The molecule has 31 heavy (non-hydrogen) atoms. The number of fused-ring (bicyclic) bond motifs is 1. The van der Waals surface area contributed by atoms with Crippen molar-refractivity contribution in [1.82, 2.24) is 15.2 Å². The number of rotatable bonds is 9. The quantitative estimate of drug-likeness (QED) is 0.130. The number of nitrogens with two attached hydrogens (primary N) is 2. The van der Waals surface area contributed by atoms with E-state index in [9.17, 15) is 20.1 Å². The van der Waals surface area contributed by atoms with E-state index in [1.165, 1.54) is 23.2 Å². The number of carbonyl (C=O) groups is 1. The Morgan fingerprint density at radius 2 is 2.13 bits per heavy atom. The molecule has 2 heterocycles. The van der Waals surface area contributed by atoms with Crippen LogP contribution in [0.2, 0.25) is 0 Å². The van der Waals surface area contributed by atoms with Gasteiger partial charge in [-0.15, -0.1) is 11.3 Å². The SMILES string of the molecule is CC(=O)N1C[C@H](O)C[C@H]1[C@@H](O)N[C@@H](CCCN=C(N)N)[C@H](O)c1nc2ccccc2s1. The molecule has 3 rings (SSSR count). The van der Waals surface area contributed by atoms with Crippen molar-refractivity contribution in [3.63, 3.8) is 0 Å².